The number of aliphatic hydroxyl groups excluding tert-OH is 1. The number of benzene rings is 2. The Morgan fingerprint density at radius 2 is 1.73 bits per heavy atom. The van der Waals surface area contributed by atoms with Crippen LogP contribution in [-0.2, 0) is 24.5 Å². The van der Waals surface area contributed by atoms with Gasteiger partial charge in [0.2, 0.25) is 0 Å². The van der Waals surface area contributed by atoms with Crippen molar-refractivity contribution in [3.05, 3.63) is 70.3 Å². The Hall–Kier alpha value is -2.33. The predicted octanol–water partition coefficient (Wildman–Crippen LogP) is 3.22. The van der Waals surface area contributed by atoms with Gasteiger partial charge in [-0.3, -0.25) is 0 Å². The van der Waals surface area contributed by atoms with Crippen LogP contribution in [0.1, 0.15) is 27.8 Å². The molecule has 0 radical (unpaired) electrons. The molecule has 0 aliphatic carbocycles. The molecule has 0 saturated heterocycles. The number of rotatable bonds is 5. The quantitative estimate of drug-likeness (QED) is 0.891. The van der Waals surface area contributed by atoms with Gasteiger partial charge in [0.05, 0.1) is 6.61 Å². The van der Waals surface area contributed by atoms with Crippen molar-refractivity contribution in [1.29, 1.82) is 0 Å². The molecule has 0 fully saturated rings. The molecule has 1 amide bonds. The average Bonchev–Trinajstić information content (AvgIpc) is 2.52. The van der Waals surface area contributed by atoms with Crippen molar-refractivity contribution >= 4 is 6.09 Å². The summed E-state index contributed by atoms with van der Waals surface area (Å²) in [5, 5.41) is 11.9. The fraction of sp³-hybridized carbons (Fsp3) is 0.278. The SMILES string of the molecule is Cc1cc(CO)cc(C)c1CNC(=O)OCc1ccccc1. The van der Waals surface area contributed by atoms with Gasteiger partial charge >= 0.3 is 6.09 Å². The molecule has 0 saturated carbocycles. The molecular formula is C18H21NO3. The van der Waals surface area contributed by atoms with E-state index >= 15 is 0 Å². The Balaban J connectivity index is 1.89. The minimum absolute atomic E-state index is 0.0223. The topological polar surface area (TPSA) is 58.6 Å². The molecule has 0 heterocycles. The van der Waals surface area contributed by atoms with Crippen molar-refractivity contribution < 1.29 is 14.6 Å². The molecule has 4 heteroatoms. The number of aryl methyl sites for hydroxylation is 2. The second-order valence-corrected chi connectivity index (χ2v) is 5.28. The zero-order valence-electron chi connectivity index (χ0n) is 12.9. The fourth-order valence-corrected chi connectivity index (χ4v) is 2.39. The minimum atomic E-state index is -0.436. The maximum Gasteiger partial charge on any atom is 0.407 e. The molecule has 2 rings (SSSR count). The van der Waals surface area contributed by atoms with Gasteiger partial charge in [-0.25, -0.2) is 4.79 Å². The van der Waals surface area contributed by atoms with E-state index in [2.05, 4.69) is 5.32 Å². The normalized spacial score (nSPS) is 10.3. The lowest BCUT2D eigenvalue weighted by atomic mass is 9.99. The number of carbonyl (C=O) groups is 1. The number of amides is 1. The van der Waals surface area contributed by atoms with Crippen LogP contribution in [0, 0.1) is 13.8 Å². The van der Waals surface area contributed by atoms with Crippen LogP contribution in [0.15, 0.2) is 42.5 Å². The third kappa shape index (κ3) is 4.33. The van der Waals surface area contributed by atoms with Gasteiger partial charge in [-0.15, -0.1) is 0 Å². The lowest BCUT2D eigenvalue weighted by Gasteiger charge is -2.13. The van der Waals surface area contributed by atoms with Crippen molar-refractivity contribution in [3.8, 4) is 0 Å². The number of hydrogen-bond donors (Lipinski definition) is 2. The second kappa shape index (κ2) is 7.61. The van der Waals surface area contributed by atoms with Crippen LogP contribution in [0.25, 0.3) is 0 Å². The number of hydrogen-bond acceptors (Lipinski definition) is 3. The monoisotopic (exact) mass is 299 g/mol. The van der Waals surface area contributed by atoms with Crippen molar-refractivity contribution in [1.82, 2.24) is 5.32 Å². The smallest absolute Gasteiger partial charge is 0.407 e. The van der Waals surface area contributed by atoms with Crippen LogP contribution in [0.3, 0.4) is 0 Å². The molecule has 0 aliphatic heterocycles. The van der Waals surface area contributed by atoms with Crippen molar-refractivity contribution in [2.75, 3.05) is 0 Å². The van der Waals surface area contributed by atoms with E-state index in [1.165, 1.54) is 0 Å². The van der Waals surface area contributed by atoms with Crippen LogP contribution in [-0.4, -0.2) is 11.2 Å². The summed E-state index contributed by atoms with van der Waals surface area (Å²) in [6, 6.07) is 13.4. The lowest BCUT2D eigenvalue weighted by Crippen LogP contribution is -2.24. The molecule has 0 aromatic heterocycles. The highest BCUT2D eigenvalue weighted by molar-refractivity contribution is 5.67. The van der Waals surface area contributed by atoms with E-state index in [1.807, 2.05) is 56.3 Å². The summed E-state index contributed by atoms with van der Waals surface area (Å²) >= 11 is 0. The molecule has 0 spiro atoms. The van der Waals surface area contributed by atoms with Crippen LogP contribution in [0.4, 0.5) is 4.79 Å². The molecular weight excluding hydrogens is 278 g/mol. The Labute approximate surface area is 130 Å². The number of alkyl carbamates (subject to hydrolysis) is 1. The Morgan fingerprint density at radius 1 is 1.09 bits per heavy atom. The second-order valence-electron chi connectivity index (χ2n) is 5.28. The van der Waals surface area contributed by atoms with E-state index < -0.39 is 6.09 Å². The molecule has 4 nitrogen and oxygen atoms in total. The molecule has 0 unspecified atom stereocenters. The largest absolute Gasteiger partial charge is 0.445 e. The Morgan fingerprint density at radius 3 is 2.32 bits per heavy atom. The number of nitrogens with one attached hydrogen (secondary N) is 1. The first-order valence-corrected chi connectivity index (χ1v) is 7.24. The molecule has 2 aromatic carbocycles. The third-order valence-corrected chi connectivity index (χ3v) is 3.56. The maximum atomic E-state index is 11.8. The first-order valence-electron chi connectivity index (χ1n) is 7.24. The van der Waals surface area contributed by atoms with E-state index in [-0.39, 0.29) is 13.2 Å². The van der Waals surface area contributed by atoms with E-state index in [1.54, 1.807) is 0 Å². The molecule has 0 aliphatic rings. The van der Waals surface area contributed by atoms with Crippen LogP contribution < -0.4 is 5.32 Å². The predicted molar refractivity (Wildman–Crippen MR) is 85.3 cm³/mol. The first-order chi connectivity index (χ1) is 10.6. The van der Waals surface area contributed by atoms with Gasteiger partial charge < -0.3 is 15.2 Å². The summed E-state index contributed by atoms with van der Waals surface area (Å²) in [4.78, 5) is 11.8. The van der Waals surface area contributed by atoms with Gasteiger partial charge in [-0.2, -0.15) is 0 Å². The molecule has 22 heavy (non-hydrogen) atoms. The highest BCUT2D eigenvalue weighted by Gasteiger charge is 2.08. The highest BCUT2D eigenvalue weighted by atomic mass is 16.5. The fourth-order valence-electron chi connectivity index (χ4n) is 2.39. The zero-order valence-corrected chi connectivity index (χ0v) is 12.9. The van der Waals surface area contributed by atoms with E-state index in [0.717, 1.165) is 27.8 Å². The van der Waals surface area contributed by atoms with Crippen molar-refractivity contribution in [2.45, 2.75) is 33.6 Å². The number of ether oxygens (including phenoxy) is 1. The molecule has 2 N–H and O–H groups in total. The minimum Gasteiger partial charge on any atom is -0.445 e. The van der Waals surface area contributed by atoms with E-state index in [9.17, 15) is 9.90 Å². The first kappa shape index (κ1) is 16.0. The summed E-state index contributed by atoms with van der Waals surface area (Å²) in [5.41, 5.74) is 4.98. The van der Waals surface area contributed by atoms with Crippen LogP contribution in [0.2, 0.25) is 0 Å². The summed E-state index contributed by atoms with van der Waals surface area (Å²) in [7, 11) is 0. The van der Waals surface area contributed by atoms with Crippen molar-refractivity contribution in [2.24, 2.45) is 0 Å². The summed E-state index contributed by atoms with van der Waals surface area (Å²) in [6.07, 6.45) is -0.436. The maximum absolute atomic E-state index is 11.8. The average molecular weight is 299 g/mol. The lowest BCUT2D eigenvalue weighted by molar-refractivity contribution is 0.139. The Bertz CT molecular complexity index is 615. The summed E-state index contributed by atoms with van der Waals surface area (Å²) in [6.45, 7) is 4.64. The summed E-state index contributed by atoms with van der Waals surface area (Å²) < 4.78 is 5.18. The van der Waals surface area contributed by atoms with Crippen molar-refractivity contribution in [3.63, 3.8) is 0 Å². The molecule has 0 bridgehead atoms. The van der Waals surface area contributed by atoms with Gasteiger partial charge in [0.1, 0.15) is 6.61 Å². The Kier molecular flexibility index (Phi) is 5.55. The number of aliphatic hydroxyl groups is 1. The highest BCUT2D eigenvalue weighted by Crippen LogP contribution is 2.16. The van der Waals surface area contributed by atoms with Gasteiger partial charge in [-0.1, -0.05) is 42.5 Å². The van der Waals surface area contributed by atoms with Gasteiger partial charge in [0.25, 0.3) is 0 Å². The zero-order chi connectivity index (χ0) is 15.9. The summed E-state index contributed by atoms with van der Waals surface area (Å²) in [5.74, 6) is 0. The van der Waals surface area contributed by atoms with Gasteiger partial charge in [0, 0.05) is 6.54 Å². The number of carbonyl (C=O) groups excluding carboxylic acids is 1. The van der Waals surface area contributed by atoms with Gasteiger partial charge in [0.15, 0.2) is 0 Å². The standard InChI is InChI=1S/C18H21NO3/c1-13-8-16(11-20)9-14(2)17(13)10-19-18(21)22-12-15-6-4-3-5-7-15/h3-9,20H,10-12H2,1-2H3,(H,19,21). The molecule has 2 aromatic rings. The van der Waals surface area contributed by atoms with Crippen LogP contribution >= 0.6 is 0 Å². The van der Waals surface area contributed by atoms with Crippen LogP contribution in [0.5, 0.6) is 0 Å². The third-order valence-electron chi connectivity index (χ3n) is 3.56. The van der Waals surface area contributed by atoms with Gasteiger partial charge in [-0.05, 0) is 41.7 Å². The van der Waals surface area contributed by atoms with E-state index in [4.69, 9.17) is 4.74 Å². The molecule has 116 valence electrons. The van der Waals surface area contributed by atoms with E-state index in [0.29, 0.717) is 6.54 Å². The molecule has 0 atom stereocenters.